The maximum atomic E-state index is 14.8. The molecule has 9 N–H and O–H groups in total. The highest BCUT2D eigenvalue weighted by atomic mass is 79.9. The van der Waals surface area contributed by atoms with Crippen molar-refractivity contribution in [3.05, 3.63) is 82.9 Å². The van der Waals surface area contributed by atoms with Crippen LogP contribution in [0.15, 0.2) is 71.8 Å². The Hall–Kier alpha value is -7.87. The van der Waals surface area contributed by atoms with Gasteiger partial charge in [0.15, 0.2) is 0 Å². The molecular weight excluding hydrogens is 1600 g/mol. The lowest BCUT2D eigenvalue weighted by atomic mass is 9.89. The second-order valence-corrected chi connectivity index (χ2v) is 29.6. The minimum atomic E-state index is -1.19. The number of alkyl halides is 2. The molecule has 2 aromatic rings. The van der Waals surface area contributed by atoms with E-state index in [4.69, 9.17) is 33.2 Å². The highest BCUT2D eigenvalue weighted by molar-refractivity contribution is 9.09. The molecule has 11 atom stereocenters. The fourth-order valence-electron chi connectivity index (χ4n) is 13.1. The number of nitrogens with one attached hydrogen (secondary N) is 8. The van der Waals surface area contributed by atoms with Crippen LogP contribution in [0.3, 0.4) is 0 Å². The van der Waals surface area contributed by atoms with Gasteiger partial charge in [0.2, 0.25) is 65.0 Å². The van der Waals surface area contributed by atoms with Gasteiger partial charge in [0.25, 0.3) is 11.8 Å². The zero-order valence-electron chi connectivity index (χ0n) is 67.3. The maximum Gasteiger partial charge on any atom is 0.258 e. The minimum Gasteiger partial charge on any atom is -0.386 e. The van der Waals surface area contributed by atoms with Crippen molar-refractivity contribution >= 4 is 109 Å². The van der Waals surface area contributed by atoms with Crippen molar-refractivity contribution in [2.24, 2.45) is 23.7 Å². The van der Waals surface area contributed by atoms with E-state index >= 15 is 0 Å². The summed E-state index contributed by atoms with van der Waals surface area (Å²) in [5.41, 5.74) is 2.00. The van der Waals surface area contributed by atoms with Gasteiger partial charge in [-0.1, -0.05) is 147 Å². The quantitative estimate of drug-likeness (QED) is 0.0197. The van der Waals surface area contributed by atoms with Gasteiger partial charge < -0.3 is 95.5 Å². The molecule has 0 aliphatic carbocycles. The third kappa shape index (κ3) is 32.7. The number of aliphatic hydroxyl groups is 1. The molecule has 0 saturated carbocycles. The Labute approximate surface area is 680 Å². The molecule has 0 unspecified atom stereocenters. The van der Waals surface area contributed by atoms with E-state index in [1.54, 1.807) is 96.0 Å². The standard InChI is InChI=1S/C78H120Br2N12O21/c1-13-51(6)70(60(107-11)40-66(98)91-30-20-27-59(91)72(108-12)52(7)73(101)86-53(8)71(100)55-25-18-15-19-26-55)90(10)78(106)68(49(2)3)88-75(103)69(50(4)5)89(9)67(99)47-113-48-85-63(95)44-84-74(102)58(39-54-23-16-14-17-24-54)87-64(96)45-83-62(94)43-82-61(93)28-21-31-109-33-35-111-37-38-112-36-34-110-32-22-29-81-65(97)46-92-76(104)56(41-79)57(42-80)77(92)105/h14-19,23-26,49-53,58-60,68-72,100H,13,20-22,27-48H2,1-12H3,(H,81,97)(H,82,93)(H,83,94)(H,84,102)(H,85,95)(H,86,101)(H,87,96)(H,88,103)/t51-,52+,53+,58-,59-,60+,68-,69-,70-,71+,72+/m0/s1. The summed E-state index contributed by atoms with van der Waals surface area (Å²) in [5.74, 6) is -8.72. The van der Waals surface area contributed by atoms with E-state index in [0.717, 1.165) is 4.90 Å². The van der Waals surface area contributed by atoms with Gasteiger partial charge >= 0.3 is 0 Å². The van der Waals surface area contributed by atoms with Gasteiger partial charge in [-0.2, -0.15) is 0 Å². The van der Waals surface area contributed by atoms with Crippen molar-refractivity contribution < 1.29 is 101 Å². The van der Waals surface area contributed by atoms with E-state index in [-0.39, 0.29) is 67.4 Å². The molecule has 0 spiro atoms. The van der Waals surface area contributed by atoms with Gasteiger partial charge in [-0.15, -0.1) is 0 Å². The van der Waals surface area contributed by atoms with Crippen molar-refractivity contribution in [2.45, 2.75) is 161 Å². The number of aliphatic hydroxyl groups excluding tert-OH is 1. The van der Waals surface area contributed by atoms with Gasteiger partial charge in [0, 0.05) is 89.3 Å². The number of carbonyl (C=O) groups is 13. The number of hydrogen-bond donors (Lipinski definition) is 9. The SMILES string of the molecule is CC[C@H](C)[C@@H]([C@@H](CC(=O)N1CCC[C@H]1[C@H](OC)[C@@H](C)C(=O)N[C@H](C)[C@@H](O)c1ccccc1)OC)N(C)C(=O)[C@@H](NC(=O)[C@H](C(C)C)N(C)C(=O)COCNC(=O)CNC(=O)[C@H](Cc1ccccc1)NC(=O)CNC(=O)CNC(=O)CCCOCCOCCOCCOCCCNC(=O)CN1C(=O)C(CBr)=C(CBr)C1=O)C(C)C. The third-order valence-corrected chi connectivity index (χ3v) is 20.7. The minimum absolute atomic E-state index is 0.0152. The first kappa shape index (κ1) is 97.5. The van der Waals surface area contributed by atoms with Gasteiger partial charge in [-0.25, -0.2) is 0 Å². The summed E-state index contributed by atoms with van der Waals surface area (Å²) in [6.45, 7) is 14.7. The normalized spacial score (nSPS) is 16.2. The van der Waals surface area contributed by atoms with Gasteiger partial charge in [-0.05, 0) is 61.5 Å². The van der Waals surface area contributed by atoms with E-state index in [1.807, 2.05) is 32.0 Å². The van der Waals surface area contributed by atoms with E-state index in [1.165, 1.54) is 31.1 Å². The topological polar surface area (TPSA) is 416 Å². The van der Waals surface area contributed by atoms with Crippen LogP contribution in [0.4, 0.5) is 0 Å². The number of benzene rings is 2. The Morgan fingerprint density at radius 1 is 0.602 bits per heavy atom. The Bertz CT molecular complexity index is 3390. The Balaban J connectivity index is 1.13. The maximum absolute atomic E-state index is 14.8. The first-order valence-corrected chi connectivity index (χ1v) is 40.7. The number of nitrogens with zero attached hydrogens (tertiary/aromatic N) is 4. The van der Waals surface area contributed by atoms with Crippen LogP contribution in [0.1, 0.15) is 118 Å². The smallest absolute Gasteiger partial charge is 0.258 e. The highest BCUT2D eigenvalue weighted by Gasteiger charge is 2.45. The summed E-state index contributed by atoms with van der Waals surface area (Å²) in [6, 6.07) is 12.7. The molecule has 2 aromatic carbocycles. The highest BCUT2D eigenvalue weighted by Crippen LogP contribution is 2.31. The molecule has 33 nitrogen and oxygen atoms in total. The molecule has 1 saturated heterocycles. The first-order valence-electron chi connectivity index (χ1n) is 38.4. The molecule has 0 bridgehead atoms. The second kappa shape index (κ2) is 52.6. The second-order valence-electron chi connectivity index (χ2n) is 28.5. The molecule has 2 aliphatic rings. The predicted octanol–water partition coefficient (Wildman–Crippen LogP) is 1.74. The number of ether oxygens (including phenoxy) is 7. The van der Waals surface area contributed by atoms with Gasteiger partial charge in [0.1, 0.15) is 38.0 Å². The molecule has 0 aromatic heterocycles. The number of methoxy groups -OCH3 is 2. The average Bonchev–Trinajstić information content (AvgIpc) is 1.79. The van der Waals surface area contributed by atoms with Crippen molar-refractivity contribution in [3.8, 4) is 0 Å². The molecule has 0 radical (unpaired) electrons. The van der Waals surface area contributed by atoms with Crippen LogP contribution in [-0.4, -0.2) is 294 Å². The monoisotopic (exact) mass is 1720 g/mol. The molecule has 113 heavy (non-hydrogen) atoms. The average molecular weight is 1720 g/mol. The van der Waals surface area contributed by atoms with Gasteiger partial charge in [0.05, 0.1) is 108 Å². The Morgan fingerprint density at radius 3 is 1.73 bits per heavy atom. The molecule has 4 rings (SSSR count). The summed E-state index contributed by atoms with van der Waals surface area (Å²) in [5, 5.41) is 32.4. The Kier molecular flexibility index (Phi) is 45.4. The number of rotatable bonds is 55. The van der Waals surface area contributed by atoms with Crippen LogP contribution in [-0.2, 0) is 102 Å². The van der Waals surface area contributed by atoms with Crippen LogP contribution in [0, 0.1) is 23.7 Å². The van der Waals surface area contributed by atoms with Crippen LogP contribution in [0.5, 0.6) is 0 Å². The van der Waals surface area contributed by atoms with Crippen LogP contribution in [0.2, 0.25) is 0 Å². The number of imide groups is 1. The predicted molar refractivity (Wildman–Crippen MR) is 425 cm³/mol. The molecule has 2 aliphatic heterocycles. The van der Waals surface area contributed by atoms with Crippen molar-refractivity contribution in [1.82, 2.24) is 62.1 Å². The van der Waals surface area contributed by atoms with Crippen LogP contribution in [0.25, 0.3) is 0 Å². The number of carbonyl (C=O) groups excluding carboxylic acids is 13. The fourth-order valence-corrected chi connectivity index (χ4v) is 14.2. The molecule has 13 amide bonds. The molecule has 1 fully saturated rings. The molecular formula is C78H120Br2N12O21. The molecule has 2 heterocycles. The largest absolute Gasteiger partial charge is 0.386 e. The molecule has 632 valence electrons. The third-order valence-electron chi connectivity index (χ3n) is 19.6. The Morgan fingerprint density at radius 2 is 1.16 bits per heavy atom. The number of halogens is 2. The first-order chi connectivity index (χ1) is 54.0. The summed E-state index contributed by atoms with van der Waals surface area (Å²) in [6.07, 6.45) is 0.282. The number of likely N-dealkylation sites (N-methyl/N-ethyl adjacent to an activating group) is 2. The summed E-state index contributed by atoms with van der Waals surface area (Å²) in [7, 11) is 6.03. The van der Waals surface area contributed by atoms with Crippen molar-refractivity contribution in [2.75, 3.05) is 144 Å². The summed E-state index contributed by atoms with van der Waals surface area (Å²) in [4.78, 5) is 178. The molecule has 35 heteroatoms. The van der Waals surface area contributed by atoms with Crippen molar-refractivity contribution in [1.29, 1.82) is 0 Å². The van der Waals surface area contributed by atoms with Crippen LogP contribution >= 0.6 is 31.9 Å². The fraction of sp³-hybridized carbons (Fsp3) is 0.654. The summed E-state index contributed by atoms with van der Waals surface area (Å²) < 4.78 is 39.6. The zero-order chi connectivity index (χ0) is 83.7. The number of likely N-dealkylation sites (tertiary alicyclic amines) is 1. The van der Waals surface area contributed by atoms with E-state index in [9.17, 15) is 67.4 Å². The van der Waals surface area contributed by atoms with Crippen LogP contribution < -0.4 is 42.5 Å². The zero-order valence-corrected chi connectivity index (χ0v) is 70.5. The lowest BCUT2D eigenvalue weighted by molar-refractivity contribution is -0.149. The lowest BCUT2D eigenvalue weighted by Crippen LogP contribution is -2.60. The van der Waals surface area contributed by atoms with E-state index < -0.39 is 170 Å². The van der Waals surface area contributed by atoms with E-state index in [0.29, 0.717) is 107 Å². The summed E-state index contributed by atoms with van der Waals surface area (Å²) >= 11 is 6.43. The number of amides is 13. The van der Waals surface area contributed by atoms with Gasteiger partial charge in [-0.3, -0.25) is 67.2 Å². The number of hydrogen-bond acceptors (Lipinski definition) is 21. The van der Waals surface area contributed by atoms with Crippen molar-refractivity contribution in [3.63, 3.8) is 0 Å². The lowest BCUT2D eigenvalue weighted by Gasteiger charge is -2.41. The van der Waals surface area contributed by atoms with E-state index in [2.05, 4.69) is 74.4 Å².